The lowest BCUT2D eigenvalue weighted by atomic mass is 9.62. The molecular weight excluding hydrogens is 557 g/mol. The summed E-state index contributed by atoms with van der Waals surface area (Å²) in [5.41, 5.74) is -1.05. The average molecular weight is 583 g/mol. The topological polar surface area (TPSA) is 94.0 Å². The molecule has 0 radical (unpaired) electrons. The quantitative estimate of drug-likeness (QED) is 0.326. The largest absolute Gasteiger partial charge is 0.325 e. The molecule has 2 aliphatic rings. The number of halogens is 4. The van der Waals surface area contributed by atoms with Gasteiger partial charge in [0, 0.05) is 33.9 Å². The fourth-order valence-electron chi connectivity index (χ4n) is 6.08. The molecule has 0 aromatic heterocycles. The number of nitrogens with zero attached hydrogens (tertiary/aromatic N) is 1. The molecule has 4 unspecified atom stereocenters. The van der Waals surface area contributed by atoms with Crippen LogP contribution in [-0.2, 0) is 15.0 Å². The number of amides is 2. The lowest BCUT2D eigenvalue weighted by Crippen LogP contribution is -2.50. The lowest BCUT2D eigenvalue weighted by Gasteiger charge is -2.37. The summed E-state index contributed by atoms with van der Waals surface area (Å²) in [6.07, 6.45) is 0.348. The predicted molar refractivity (Wildman–Crippen MR) is 150 cm³/mol. The van der Waals surface area contributed by atoms with E-state index in [9.17, 15) is 9.59 Å². The van der Waals surface area contributed by atoms with Crippen LogP contribution in [0.2, 0.25) is 10.0 Å². The van der Waals surface area contributed by atoms with Crippen molar-refractivity contribution in [3.05, 3.63) is 93.0 Å². The third kappa shape index (κ3) is 4.62. The maximum atomic E-state index is 15.9. The Morgan fingerprint density at radius 2 is 1.82 bits per heavy atom. The minimum atomic E-state index is -1.71. The van der Waals surface area contributed by atoms with Crippen LogP contribution in [0.5, 0.6) is 0 Å². The highest BCUT2D eigenvalue weighted by Gasteiger charge is 2.67. The Morgan fingerprint density at radius 3 is 2.48 bits per heavy atom. The van der Waals surface area contributed by atoms with Gasteiger partial charge >= 0.3 is 0 Å². The molecule has 1 spiro atoms. The molecule has 2 amide bonds. The smallest absolute Gasteiger partial charge is 0.242 e. The van der Waals surface area contributed by atoms with Crippen LogP contribution in [0, 0.1) is 28.4 Å². The molecule has 6 nitrogen and oxygen atoms in total. The highest BCUT2D eigenvalue weighted by molar-refractivity contribution is 6.31. The summed E-state index contributed by atoms with van der Waals surface area (Å²) in [7, 11) is 0. The lowest BCUT2D eigenvalue weighted by molar-refractivity contribution is -0.122. The predicted octanol–water partition coefficient (Wildman–Crippen LogP) is 6.53. The van der Waals surface area contributed by atoms with Crippen LogP contribution in [0.1, 0.15) is 49.8 Å². The van der Waals surface area contributed by atoms with Crippen molar-refractivity contribution >= 4 is 46.4 Å². The number of nitrogens with one attached hydrogen (secondary N) is 3. The van der Waals surface area contributed by atoms with E-state index in [-0.39, 0.29) is 32.3 Å². The van der Waals surface area contributed by atoms with E-state index in [2.05, 4.69) is 16.0 Å². The number of nitriles is 1. The Balaban J connectivity index is 1.74. The second-order valence-corrected chi connectivity index (χ2v) is 12.2. The third-order valence-electron chi connectivity index (χ3n) is 7.54. The molecular formula is C30H26Cl2F2N4O2. The Hall–Kier alpha value is -3.51. The van der Waals surface area contributed by atoms with Crippen molar-refractivity contribution in [2.45, 2.75) is 50.6 Å². The van der Waals surface area contributed by atoms with Crippen LogP contribution in [0.25, 0.3) is 0 Å². The van der Waals surface area contributed by atoms with Gasteiger partial charge in [-0.05, 0) is 59.9 Å². The second-order valence-electron chi connectivity index (χ2n) is 11.4. The van der Waals surface area contributed by atoms with Crippen molar-refractivity contribution in [2.24, 2.45) is 5.41 Å². The van der Waals surface area contributed by atoms with Gasteiger partial charge in [-0.2, -0.15) is 5.26 Å². The summed E-state index contributed by atoms with van der Waals surface area (Å²) in [4.78, 5) is 28.0. The number of benzene rings is 3. The minimum Gasteiger partial charge on any atom is -0.325 e. The Bertz CT molecular complexity index is 1570. The van der Waals surface area contributed by atoms with Crippen molar-refractivity contribution in [3.63, 3.8) is 0 Å². The average Bonchev–Trinajstić information content (AvgIpc) is 3.35. The second kappa shape index (κ2) is 10.2. The van der Waals surface area contributed by atoms with E-state index in [4.69, 9.17) is 28.5 Å². The van der Waals surface area contributed by atoms with E-state index in [0.717, 1.165) is 6.07 Å². The first-order valence-corrected chi connectivity index (χ1v) is 13.4. The zero-order chi connectivity index (χ0) is 29.0. The van der Waals surface area contributed by atoms with Crippen molar-refractivity contribution < 1.29 is 18.4 Å². The van der Waals surface area contributed by atoms with E-state index in [1.165, 1.54) is 24.3 Å². The van der Waals surface area contributed by atoms with Gasteiger partial charge in [-0.3, -0.25) is 9.59 Å². The maximum Gasteiger partial charge on any atom is 0.242 e. The summed E-state index contributed by atoms with van der Waals surface area (Å²) in [6, 6.07) is 13.3. The van der Waals surface area contributed by atoms with Gasteiger partial charge in [0.05, 0.1) is 22.7 Å². The molecule has 0 aliphatic carbocycles. The summed E-state index contributed by atoms with van der Waals surface area (Å²) < 4.78 is 31.7. The van der Waals surface area contributed by atoms with Crippen molar-refractivity contribution in [1.29, 1.82) is 5.26 Å². The number of anilines is 2. The molecule has 206 valence electrons. The SMILES string of the molecule is CC(C)(C)CC1NC(C(=O)Nc2ccc(C#N)cc2)C(c2cccc(Cl)c2F)C12C(=O)Nc1cc(Cl)cc(F)c12. The van der Waals surface area contributed by atoms with Gasteiger partial charge in [-0.15, -0.1) is 0 Å². The van der Waals surface area contributed by atoms with Crippen molar-refractivity contribution in [2.75, 3.05) is 10.6 Å². The Labute approximate surface area is 240 Å². The van der Waals surface area contributed by atoms with Gasteiger partial charge in [0.1, 0.15) is 17.0 Å². The standard InChI is InChI=1S/C30H26Cl2F2N4O2/c1-29(2,3)13-22-30(24-20(33)11-16(31)12-21(24)37-28(30)40)23(18-5-4-6-19(32)25(18)34)26(38-22)27(39)36-17-9-7-15(14-35)8-10-17/h4-12,22-23,26,38H,13H2,1-3H3,(H,36,39)(H,37,40). The molecule has 10 heteroatoms. The van der Waals surface area contributed by atoms with Crippen LogP contribution in [0.15, 0.2) is 54.6 Å². The van der Waals surface area contributed by atoms with Gasteiger partial charge in [-0.1, -0.05) is 56.1 Å². The van der Waals surface area contributed by atoms with Crippen molar-refractivity contribution in [3.8, 4) is 6.07 Å². The van der Waals surface area contributed by atoms with Crippen LogP contribution in [-0.4, -0.2) is 23.9 Å². The summed E-state index contributed by atoms with van der Waals surface area (Å²) >= 11 is 12.3. The Kier molecular flexibility index (Phi) is 7.11. The minimum absolute atomic E-state index is 0.00809. The molecule has 1 fully saturated rings. The number of fused-ring (bicyclic) bond motifs is 2. The number of hydrogen-bond donors (Lipinski definition) is 3. The van der Waals surface area contributed by atoms with E-state index < -0.39 is 46.9 Å². The first kappa shape index (κ1) is 28.0. The maximum absolute atomic E-state index is 15.9. The number of rotatable bonds is 4. The zero-order valence-electron chi connectivity index (χ0n) is 21.9. The van der Waals surface area contributed by atoms with E-state index in [1.54, 1.807) is 24.3 Å². The highest BCUT2D eigenvalue weighted by atomic mass is 35.5. The zero-order valence-corrected chi connectivity index (χ0v) is 23.4. The van der Waals surface area contributed by atoms with Gasteiger partial charge in [0.25, 0.3) is 0 Å². The van der Waals surface area contributed by atoms with Gasteiger partial charge in [-0.25, -0.2) is 8.78 Å². The molecule has 4 atom stereocenters. The van der Waals surface area contributed by atoms with Crippen LogP contribution >= 0.6 is 23.2 Å². The number of hydrogen-bond acceptors (Lipinski definition) is 4. The van der Waals surface area contributed by atoms with Crippen LogP contribution in [0.3, 0.4) is 0 Å². The van der Waals surface area contributed by atoms with Crippen molar-refractivity contribution in [1.82, 2.24) is 5.32 Å². The van der Waals surface area contributed by atoms with Crippen LogP contribution in [0.4, 0.5) is 20.2 Å². The van der Waals surface area contributed by atoms with Gasteiger partial charge in [0.15, 0.2) is 0 Å². The molecule has 3 N–H and O–H groups in total. The first-order valence-electron chi connectivity index (χ1n) is 12.7. The Morgan fingerprint density at radius 1 is 1.12 bits per heavy atom. The molecule has 2 aliphatic heterocycles. The van der Waals surface area contributed by atoms with Crippen LogP contribution < -0.4 is 16.0 Å². The molecule has 3 aromatic rings. The summed E-state index contributed by atoms with van der Waals surface area (Å²) in [5, 5.41) is 17.9. The van der Waals surface area contributed by atoms with Gasteiger partial charge in [0.2, 0.25) is 11.8 Å². The molecule has 40 heavy (non-hydrogen) atoms. The first-order chi connectivity index (χ1) is 18.9. The summed E-state index contributed by atoms with van der Waals surface area (Å²) in [6.45, 7) is 5.90. The molecule has 2 heterocycles. The third-order valence-corrected chi connectivity index (χ3v) is 8.05. The number of carbonyl (C=O) groups excluding carboxylic acids is 2. The molecule has 0 saturated carbocycles. The fourth-order valence-corrected chi connectivity index (χ4v) is 6.46. The molecule has 1 saturated heterocycles. The molecule has 5 rings (SSSR count). The van der Waals surface area contributed by atoms with Gasteiger partial charge < -0.3 is 16.0 Å². The summed E-state index contributed by atoms with van der Waals surface area (Å²) in [5.74, 6) is -3.83. The molecule has 3 aromatic carbocycles. The normalized spacial score (nSPS) is 23.6. The highest BCUT2D eigenvalue weighted by Crippen LogP contribution is 2.58. The van der Waals surface area contributed by atoms with E-state index >= 15 is 8.78 Å². The van der Waals surface area contributed by atoms with E-state index in [0.29, 0.717) is 17.7 Å². The number of carbonyl (C=O) groups is 2. The monoisotopic (exact) mass is 582 g/mol. The van der Waals surface area contributed by atoms with E-state index in [1.807, 2.05) is 26.8 Å². The fraction of sp³-hybridized carbons (Fsp3) is 0.300. The molecule has 0 bridgehead atoms.